The fourth-order valence-corrected chi connectivity index (χ4v) is 2.19. The summed E-state index contributed by atoms with van der Waals surface area (Å²) < 4.78 is 5.22. The van der Waals surface area contributed by atoms with Crippen molar-refractivity contribution < 1.29 is 20.4 Å². The minimum atomic E-state index is 0. The highest BCUT2D eigenvalue weighted by molar-refractivity contribution is 5.28. The topological polar surface area (TPSA) is 81.2 Å². The molecule has 0 radical (unpaired) electrons. The van der Waals surface area contributed by atoms with Crippen LogP contribution in [-0.2, 0) is 4.74 Å². The smallest absolute Gasteiger partial charge is 0.115 e. The van der Waals surface area contributed by atoms with Crippen molar-refractivity contribution in [2.24, 2.45) is 0 Å². The number of hydrogen-bond acceptors (Lipinski definition) is 3. The first-order chi connectivity index (χ1) is 11.2. The van der Waals surface area contributed by atoms with Crippen LogP contribution in [0.15, 0.2) is 24.3 Å². The SMILES string of the molecule is CCCC(CC)c1ccc(O)cc1.CCCCOCCC.CO.O. The number of phenols is 1. The predicted octanol–water partition coefficient (Wildman–Crippen LogP) is 4.68. The summed E-state index contributed by atoms with van der Waals surface area (Å²) in [5.41, 5.74) is 1.35. The van der Waals surface area contributed by atoms with Crippen LogP contribution in [0, 0.1) is 0 Å². The molecule has 144 valence electrons. The third-order valence-electron chi connectivity index (χ3n) is 3.49. The number of phenolic OH excluding ortho intramolecular Hbond substituents is 1. The van der Waals surface area contributed by atoms with Crippen molar-refractivity contribution in [3.63, 3.8) is 0 Å². The summed E-state index contributed by atoms with van der Waals surface area (Å²) in [7, 11) is 1.00. The summed E-state index contributed by atoms with van der Waals surface area (Å²) >= 11 is 0. The Balaban J connectivity index is -0.000000350. The van der Waals surface area contributed by atoms with Gasteiger partial charge in [-0.2, -0.15) is 0 Å². The van der Waals surface area contributed by atoms with Crippen LogP contribution >= 0.6 is 0 Å². The fourth-order valence-electron chi connectivity index (χ4n) is 2.19. The number of aromatic hydroxyl groups is 1. The average molecular weight is 345 g/mol. The second kappa shape index (κ2) is 21.9. The molecule has 0 saturated carbocycles. The second-order valence-electron chi connectivity index (χ2n) is 5.45. The average Bonchev–Trinajstić information content (AvgIpc) is 2.60. The van der Waals surface area contributed by atoms with Gasteiger partial charge in [0.05, 0.1) is 0 Å². The van der Waals surface area contributed by atoms with Gasteiger partial charge in [0, 0.05) is 20.3 Å². The number of rotatable bonds is 9. The van der Waals surface area contributed by atoms with E-state index < -0.39 is 0 Å². The highest BCUT2D eigenvalue weighted by Gasteiger charge is 2.07. The molecule has 1 aromatic rings. The van der Waals surface area contributed by atoms with Crippen LogP contribution in [-0.4, -0.2) is 36.0 Å². The fraction of sp³-hybridized carbons (Fsp3) is 0.700. The molecule has 1 aromatic carbocycles. The molecular weight excluding hydrogens is 304 g/mol. The van der Waals surface area contributed by atoms with E-state index in [1.54, 1.807) is 12.1 Å². The number of ether oxygens (including phenoxy) is 1. The third kappa shape index (κ3) is 15.8. The Labute approximate surface area is 149 Å². The second-order valence-corrected chi connectivity index (χ2v) is 5.45. The van der Waals surface area contributed by atoms with Gasteiger partial charge in [0.15, 0.2) is 0 Å². The van der Waals surface area contributed by atoms with Crippen LogP contribution < -0.4 is 0 Å². The highest BCUT2D eigenvalue weighted by atomic mass is 16.5. The van der Waals surface area contributed by atoms with E-state index >= 15 is 0 Å². The molecule has 0 aliphatic carbocycles. The van der Waals surface area contributed by atoms with Crippen LogP contribution in [0.4, 0.5) is 0 Å². The molecule has 0 bridgehead atoms. The first kappa shape index (κ1) is 27.7. The maximum Gasteiger partial charge on any atom is 0.115 e. The lowest BCUT2D eigenvalue weighted by molar-refractivity contribution is 0.132. The monoisotopic (exact) mass is 344 g/mol. The summed E-state index contributed by atoms with van der Waals surface area (Å²) in [4.78, 5) is 0. The molecule has 0 amide bonds. The van der Waals surface area contributed by atoms with Gasteiger partial charge in [0.1, 0.15) is 5.75 Å². The molecule has 0 spiro atoms. The Morgan fingerprint density at radius 1 is 0.875 bits per heavy atom. The minimum Gasteiger partial charge on any atom is -0.508 e. The van der Waals surface area contributed by atoms with E-state index in [-0.39, 0.29) is 5.48 Å². The molecule has 1 rings (SSSR count). The van der Waals surface area contributed by atoms with Gasteiger partial charge in [0.25, 0.3) is 0 Å². The number of benzene rings is 1. The lowest BCUT2D eigenvalue weighted by atomic mass is 9.92. The first-order valence-electron chi connectivity index (χ1n) is 9.00. The molecule has 0 aliphatic heterocycles. The number of aliphatic hydroxyl groups is 1. The van der Waals surface area contributed by atoms with E-state index in [0.717, 1.165) is 26.7 Å². The molecule has 4 heteroatoms. The molecule has 1 atom stereocenters. The van der Waals surface area contributed by atoms with E-state index in [1.165, 1.54) is 37.7 Å². The quantitative estimate of drug-likeness (QED) is 0.638. The van der Waals surface area contributed by atoms with E-state index in [9.17, 15) is 0 Å². The van der Waals surface area contributed by atoms with Crippen LogP contribution in [0.3, 0.4) is 0 Å². The Bertz CT molecular complexity index is 319. The molecule has 4 N–H and O–H groups in total. The summed E-state index contributed by atoms with van der Waals surface area (Å²) in [6.45, 7) is 10.6. The van der Waals surface area contributed by atoms with E-state index in [1.807, 2.05) is 12.1 Å². The van der Waals surface area contributed by atoms with E-state index in [4.69, 9.17) is 14.9 Å². The zero-order chi connectivity index (χ0) is 17.9. The lowest BCUT2D eigenvalue weighted by Gasteiger charge is -2.13. The minimum absolute atomic E-state index is 0. The van der Waals surface area contributed by atoms with Gasteiger partial charge in [-0.1, -0.05) is 52.7 Å². The molecule has 1 unspecified atom stereocenters. The summed E-state index contributed by atoms with van der Waals surface area (Å²) in [5, 5.41) is 16.1. The molecule has 4 nitrogen and oxygen atoms in total. The Morgan fingerprint density at radius 3 is 1.88 bits per heavy atom. The first-order valence-corrected chi connectivity index (χ1v) is 9.00. The van der Waals surface area contributed by atoms with Crippen molar-refractivity contribution >= 4 is 0 Å². The molecule has 0 fully saturated rings. The van der Waals surface area contributed by atoms with Gasteiger partial charge in [-0.05, 0) is 49.3 Å². The van der Waals surface area contributed by atoms with Gasteiger partial charge in [-0.15, -0.1) is 0 Å². The number of unbranched alkanes of at least 4 members (excludes halogenated alkanes) is 1. The summed E-state index contributed by atoms with van der Waals surface area (Å²) in [6.07, 6.45) is 7.23. The van der Waals surface area contributed by atoms with Gasteiger partial charge in [0.2, 0.25) is 0 Å². The standard InChI is InChI=1S/C12H18O.C7H16O.CH4O.H2O/c1-3-5-10(4-2)11-6-8-12(13)9-7-11;1-3-5-7-8-6-4-2;1-2;/h6-10,13H,3-5H2,1-2H3;3-7H2,1-2H3;2H,1H3;1H2. The largest absolute Gasteiger partial charge is 0.508 e. The molecule has 0 heterocycles. The van der Waals surface area contributed by atoms with Crippen molar-refractivity contribution in [1.29, 1.82) is 0 Å². The van der Waals surface area contributed by atoms with Crippen molar-refractivity contribution in [2.75, 3.05) is 20.3 Å². The third-order valence-corrected chi connectivity index (χ3v) is 3.49. The molecule has 0 aromatic heterocycles. The zero-order valence-electron chi connectivity index (χ0n) is 16.3. The van der Waals surface area contributed by atoms with Crippen LogP contribution in [0.25, 0.3) is 0 Å². The van der Waals surface area contributed by atoms with Crippen molar-refractivity contribution in [1.82, 2.24) is 0 Å². The van der Waals surface area contributed by atoms with E-state index in [0.29, 0.717) is 11.7 Å². The van der Waals surface area contributed by atoms with Crippen molar-refractivity contribution in [3.05, 3.63) is 29.8 Å². The maximum absolute atomic E-state index is 9.14. The van der Waals surface area contributed by atoms with E-state index in [2.05, 4.69) is 27.7 Å². The van der Waals surface area contributed by atoms with Crippen molar-refractivity contribution in [3.8, 4) is 5.75 Å². The molecule has 24 heavy (non-hydrogen) atoms. The maximum atomic E-state index is 9.14. The summed E-state index contributed by atoms with van der Waals surface area (Å²) in [5.74, 6) is 1.01. The van der Waals surface area contributed by atoms with Crippen LogP contribution in [0.5, 0.6) is 5.75 Å². The zero-order valence-corrected chi connectivity index (χ0v) is 16.3. The van der Waals surface area contributed by atoms with Gasteiger partial charge in [-0.3, -0.25) is 0 Å². The predicted molar refractivity (Wildman–Crippen MR) is 104 cm³/mol. The number of hydrogen-bond donors (Lipinski definition) is 2. The van der Waals surface area contributed by atoms with Crippen molar-refractivity contribution in [2.45, 2.75) is 72.1 Å². The molecular formula is C20H40O4. The number of aliphatic hydroxyl groups excluding tert-OH is 1. The van der Waals surface area contributed by atoms with Gasteiger partial charge >= 0.3 is 0 Å². The Kier molecular flexibility index (Phi) is 25.3. The summed E-state index contributed by atoms with van der Waals surface area (Å²) in [6, 6.07) is 7.60. The normalized spacial score (nSPS) is 10.4. The van der Waals surface area contributed by atoms with Crippen LogP contribution in [0.2, 0.25) is 0 Å². The van der Waals surface area contributed by atoms with Gasteiger partial charge in [-0.25, -0.2) is 0 Å². The molecule has 0 saturated heterocycles. The molecule has 0 aliphatic rings. The Hall–Kier alpha value is -1.10. The van der Waals surface area contributed by atoms with Gasteiger partial charge < -0.3 is 20.4 Å². The lowest BCUT2D eigenvalue weighted by Crippen LogP contribution is -1.95. The van der Waals surface area contributed by atoms with Crippen LogP contribution in [0.1, 0.15) is 77.7 Å². The highest BCUT2D eigenvalue weighted by Crippen LogP contribution is 2.25. The Morgan fingerprint density at radius 2 is 1.46 bits per heavy atom.